The second kappa shape index (κ2) is 8.17. The number of phenols is 1. The van der Waals surface area contributed by atoms with Crippen LogP contribution in [0.5, 0.6) is 5.75 Å². The van der Waals surface area contributed by atoms with Crippen molar-refractivity contribution < 1.29 is 24.4 Å². The van der Waals surface area contributed by atoms with Gasteiger partial charge in [0.15, 0.2) is 6.61 Å². The van der Waals surface area contributed by atoms with Crippen molar-refractivity contribution in [1.29, 1.82) is 0 Å². The normalized spacial score (nSPS) is 10.3. The van der Waals surface area contributed by atoms with Crippen LogP contribution in [0, 0.1) is 24.0 Å². The van der Waals surface area contributed by atoms with Gasteiger partial charge in [0.1, 0.15) is 11.4 Å². The number of ether oxygens (including phenoxy) is 1. The molecule has 9 heteroatoms. The molecule has 142 valence electrons. The fourth-order valence-electron chi connectivity index (χ4n) is 2.44. The molecule has 0 radical (unpaired) electrons. The van der Waals surface area contributed by atoms with Crippen LogP contribution in [-0.2, 0) is 16.1 Å². The van der Waals surface area contributed by atoms with E-state index in [4.69, 9.17) is 10.5 Å². The predicted molar refractivity (Wildman–Crippen MR) is 97.2 cm³/mol. The van der Waals surface area contributed by atoms with E-state index >= 15 is 0 Å². The molecule has 0 aliphatic carbocycles. The van der Waals surface area contributed by atoms with Crippen molar-refractivity contribution in [2.45, 2.75) is 20.4 Å². The molecule has 0 spiro atoms. The lowest BCUT2D eigenvalue weighted by molar-refractivity contribution is -0.383. The number of rotatable bonds is 6. The molecular weight excluding hydrogens is 354 g/mol. The first-order chi connectivity index (χ1) is 12.7. The highest BCUT2D eigenvalue weighted by molar-refractivity contribution is 5.92. The van der Waals surface area contributed by atoms with Crippen LogP contribution in [0.3, 0.4) is 0 Å². The number of hydrogen-bond acceptors (Lipinski definition) is 7. The Kier molecular flexibility index (Phi) is 5.96. The fraction of sp³-hybridized carbons (Fsp3) is 0.222. The molecule has 0 fully saturated rings. The number of carbonyl (C=O) groups is 2. The van der Waals surface area contributed by atoms with E-state index in [2.05, 4.69) is 5.32 Å². The van der Waals surface area contributed by atoms with Crippen LogP contribution in [0.25, 0.3) is 0 Å². The molecule has 9 nitrogen and oxygen atoms in total. The van der Waals surface area contributed by atoms with Crippen molar-refractivity contribution in [2.24, 2.45) is 0 Å². The lowest BCUT2D eigenvalue weighted by Gasteiger charge is -2.10. The number of phenolic OH excluding ortho intramolecular Hbond substituents is 1. The standard InChI is InChI=1S/C18H19N3O6/c1-10-5-12(6-11(2)17(10)23)8-20-16(22)9-27-18(24)13-3-4-14(19)15(7-13)21(25)26/h3-7,23H,8-9,19H2,1-2H3,(H,20,22). The average Bonchev–Trinajstić information content (AvgIpc) is 2.62. The summed E-state index contributed by atoms with van der Waals surface area (Å²) in [5, 5.41) is 23.2. The van der Waals surface area contributed by atoms with E-state index in [0.717, 1.165) is 11.6 Å². The number of anilines is 1. The number of nitrogen functional groups attached to an aromatic ring is 1. The topological polar surface area (TPSA) is 145 Å². The number of nitro groups is 1. The minimum Gasteiger partial charge on any atom is -0.507 e. The van der Waals surface area contributed by atoms with Crippen LogP contribution in [0.15, 0.2) is 30.3 Å². The summed E-state index contributed by atoms with van der Waals surface area (Å²) >= 11 is 0. The van der Waals surface area contributed by atoms with Crippen molar-refractivity contribution in [1.82, 2.24) is 5.32 Å². The first kappa shape index (κ1) is 19.7. The molecule has 0 aliphatic rings. The highest BCUT2D eigenvalue weighted by Gasteiger charge is 2.17. The number of nitrogens with two attached hydrogens (primary N) is 1. The second-order valence-electron chi connectivity index (χ2n) is 5.96. The van der Waals surface area contributed by atoms with Gasteiger partial charge >= 0.3 is 5.97 Å². The summed E-state index contributed by atoms with van der Waals surface area (Å²) in [5.41, 5.74) is 7.07. The lowest BCUT2D eigenvalue weighted by Crippen LogP contribution is -2.28. The third-order valence-corrected chi connectivity index (χ3v) is 3.84. The van der Waals surface area contributed by atoms with Crippen molar-refractivity contribution in [3.05, 3.63) is 62.7 Å². The molecule has 1 amide bonds. The number of benzene rings is 2. The molecule has 0 aliphatic heterocycles. The molecule has 2 aromatic rings. The Morgan fingerprint density at radius 2 is 1.85 bits per heavy atom. The van der Waals surface area contributed by atoms with Gasteiger partial charge in [0.2, 0.25) is 0 Å². The maximum Gasteiger partial charge on any atom is 0.338 e. The number of aryl methyl sites for hydroxylation is 2. The van der Waals surface area contributed by atoms with Gasteiger partial charge in [0, 0.05) is 12.6 Å². The zero-order valence-electron chi connectivity index (χ0n) is 14.8. The first-order valence-corrected chi connectivity index (χ1v) is 7.96. The number of nitro benzene ring substituents is 1. The van der Waals surface area contributed by atoms with Gasteiger partial charge in [-0.05, 0) is 42.7 Å². The van der Waals surface area contributed by atoms with Crippen LogP contribution >= 0.6 is 0 Å². The molecule has 2 aromatic carbocycles. The molecular formula is C18H19N3O6. The van der Waals surface area contributed by atoms with Crippen molar-refractivity contribution >= 4 is 23.3 Å². The number of nitrogens with one attached hydrogen (secondary N) is 1. The molecule has 0 atom stereocenters. The molecule has 0 saturated heterocycles. The molecule has 0 unspecified atom stereocenters. The maximum atomic E-state index is 11.9. The van der Waals surface area contributed by atoms with Crippen LogP contribution in [0.1, 0.15) is 27.0 Å². The number of hydrogen-bond donors (Lipinski definition) is 3. The SMILES string of the molecule is Cc1cc(CNC(=O)COC(=O)c2ccc(N)c([N+](=O)[O-])c2)cc(C)c1O. The van der Waals surface area contributed by atoms with Gasteiger partial charge in [-0.3, -0.25) is 14.9 Å². The smallest absolute Gasteiger partial charge is 0.338 e. The largest absolute Gasteiger partial charge is 0.507 e. The second-order valence-corrected chi connectivity index (χ2v) is 5.96. The van der Waals surface area contributed by atoms with Gasteiger partial charge in [0.25, 0.3) is 11.6 Å². The van der Waals surface area contributed by atoms with E-state index in [1.165, 1.54) is 12.1 Å². The van der Waals surface area contributed by atoms with Crippen LogP contribution in [0.2, 0.25) is 0 Å². The van der Waals surface area contributed by atoms with E-state index in [1.807, 2.05) is 0 Å². The van der Waals surface area contributed by atoms with Gasteiger partial charge in [-0.2, -0.15) is 0 Å². The Morgan fingerprint density at radius 3 is 2.44 bits per heavy atom. The summed E-state index contributed by atoms with van der Waals surface area (Å²) in [6.07, 6.45) is 0. The Morgan fingerprint density at radius 1 is 1.22 bits per heavy atom. The van der Waals surface area contributed by atoms with Gasteiger partial charge < -0.3 is 20.9 Å². The number of amides is 1. The number of esters is 1. The highest BCUT2D eigenvalue weighted by Crippen LogP contribution is 2.23. The number of carbonyl (C=O) groups excluding carboxylic acids is 2. The first-order valence-electron chi connectivity index (χ1n) is 7.96. The Bertz CT molecular complexity index is 887. The molecule has 0 saturated carbocycles. The third-order valence-electron chi connectivity index (χ3n) is 3.84. The van der Waals surface area contributed by atoms with Crippen LogP contribution < -0.4 is 11.1 Å². The molecule has 4 N–H and O–H groups in total. The molecule has 2 rings (SSSR count). The summed E-state index contributed by atoms with van der Waals surface area (Å²) in [7, 11) is 0. The summed E-state index contributed by atoms with van der Waals surface area (Å²) < 4.78 is 4.87. The third kappa shape index (κ3) is 4.94. The summed E-state index contributed by atoms with van der Waals surface area (Å²) in [6, 6.07) is 6.98. The molecule has 0 heterocycles. The molecule has 0 aromatic heterocycles. The summed E-state index contributed by atoms with van der Waals surface area (Å²) in [4.78, 5) is 33.9. The van der Waals surface area contributed by atoms with Crippen LogP contribution in [-0.4, -0.2) is 28.5 Å². The Balaban J connectivity index is 1.91. The zero-order valence-corrected chi connectivity index (χ0v) is 14.8. The Labute approximate surface area is 154 Å². The summed E-state index contributed by atoms with van der Waals surface area (Å²) in [5.74, 6) is -1.20. The zero-order chi connectivity index (χ0) is 20.1. The van der Waals surface area contributed by atoms with E-state index in [0.29, 0.717) is 11.1 Å². The average molecular weight is 373 g/mol. The van der Waals surface area contributed by atoms with Gasteiger partial charge in [-0.15, -0.1) is 0 Å². The van der Waals surface area contributed by atoms with Crippen LogP contribution in [0.4, 0.5) is 11.4 Å². The fourth-order valence-corrected chi connectivity index (χ4v) is 2.44. The van der Waals surface area contributed by atoms with Crippen molar-refractivity contribution in [2.75, 3.05) is 12.3 Å². The number of nitrogens with zero attached hydrogens (tertiary/aromatic N) is 1. The maximum absolute atomic E-state index is 11.9. The van der Waals surface area contributed by atoms with Gasteiger partial charge in [0.05, 0.1) is 10.5 Å². The monoisotopic (exact) mass is 373 g/mol. The van der Waals surface area contributed by atoms with Gasteiger partial charge in [-0.25, -0.2) is 4.79 Å². The number of aromatic hydroxyl groups is 1. The van der Waals surface area contributed by atoms with E-state index < -0.39 is 29.1 Å². The minimum absolute atomic E-state index is 0.0752. The van der Waals surface area contributed by atoms with E-state index in [-0.39, 0.29) is 23.5 Å². The predicted octanol–water partition coefficient (Wildman–Crippen LogP) is 1.97. The van der Waals surface area contributed by atoms with Crippen molar-refractivity contribution in [3.63, 3.8) is 0 Å². The molecule has 0 bridgehead atoms. The quantitative estimate of drug-likeness (QED) is 0.304. The summed E-state index contributed by atoms with van der Waals surface area (Å²) in [6.45, 7) is 3.17. The Hall–Kier alpha value is -3.62. The minimum atomic E-state index is -0.871. The molecule has 27 heavy (non-hydrogen) atoms. The lowest BCUT2D eigenvalue weighted by atomic mass is 10.1. The van der Waals surface area contributed by atoms with Crippen molar-refractivity contribution in [3.8, 4) is 5.75 Å². The van der Waals surface area contributed by atoms with E-state index in [1.54, 1.807) is 26.0 Å². The van der Waals surface area contributed by atoms with Gasteiger partial charge in [-0.1, -0.05) is 12.1 Å². The van der Waals surface area contributed by atoms with E-state index in [9.17, 15) is 24.8 Å². The highest BCUT2D eigenvalue weighted by atomic mass is 16.6.